The molecule has 1 saturated heterocycles. The summed E-state index contributed by atoms with van der Waals surface area (Å²) in [6.45, 7) is 7.06. The Morgan fingerprint density at radius 1 is 1.06 bits per heavy atom. The van der Waals surface area contributed by atoms with Crippen molar-refractivity contribution in [3.05, 3.63) is 69.8 Å². The molecule has 0 radical (unpaired) electrons. The minimum Gasteiger partial charge on any atom is -0.507 e. The SMILES string of the molecule is CCCCCN1C(=O)C(=O)/C(=C(\O)c2ccc(OCCC)c(C)c2)C1c1ccc(Cl)cc1. The Hall–Kier alpha value is -2.79. The second-order valence-corrected chi connectivity index (χ2v) is 8.52. The largest absolute Gasteiger partial charge is 0.507 e. The van der Waals surface area contributed by atoms with E-state index in [0.717, 1.165) is 42.6 Å². The van der Waals surface area contributed by atoms with Crippen molar-refractivity contribution in [3.63, 3.8) is 0 Å². The molecule has 6 heteroatoms. The predicted molar refractivity (Wildman–Crippen MR) is 127 cm³/mol. The molecule has 0 spiro atoms. The Balaban J connectivity index is 2.06. The van der Waals surface area contributed by atoms with E-state index in [-0.39, 0.29) is 11.3 Å². The summed E-state index contributed by atoms with van der Waals surface area (Å²) in [5.41, 5.74) is 2.18. The number of rotatable bonds is 9. The Bertz CT molecular complexity index is 1010. The Morgan fingerprint density at radius 3 is 2.41 bits per heavy atom. The van der Waals surface area contributed by atoms with Crippen LogP contribution < -0.4 is 4.74 Å². The molecular formula is C26H30ClNO4. The van der Waals surface area contributed by atoms with Crippen molar-refractivity contribution in [1.29, 1.82) is 0 Å². The number of amides is 1. The number of ether oxygens (including phenoxy) is 1. The molecule has 5 nitrogen and oxygen atoms in total. The highest BCUT2D eigenvalue weighted by Crippen LogP contribution is 2.40. The molecule has 1 fully saturated rings. The van der Waals surface area contributed by atoms with Crippen molar-refractivity contribution in [1.82, 2.24) is 4.90 Å². The highest BCUT2D eigenvalue weighted by molar-refractivity contribution is 6.46. The van der Waals surface area contributed by atoms with Gasteiger partial charge in [-0.1, -0.05) is 50.4 Å². The lowest BCUT2D eigenvalue weighted by Gasteiger charge is -2.25. The van der Waals surface area contributed by atoms with Crippen LogP contribution in [0.15, 0.2) is 48.0 Å². The van der Waals surface area contributed by atoms with E-state index in [2.05, 4.69) is 6.92 Å². The zero-order valence-corrected chi connectivity index (χ0v) is 19.6. The van der Waals surface area contributed by atoms with Gasteiger partial charge >= 0.3 is 0 Å². The van der Waals surface area contributed by atoms with E-state index in [1.54, 1.807) is 47.4 Å². The van der Waals surface area contributed by atoms with Crippen LogP contribution in [-0.4, -0.2) is 34.8 Å². The number of ketones is 1. The molecule has 0 aliphatic carbocycles. The maximum atomic E-state index is 13.0. The van der Waals surface area contributed by atoms with Gasteiger partial charge in [-0.25, -0.2) is 0 Å². The van der Waals surface area contributed by atoms with Gasteiger partial charge in [0.25, 0.3) is 11.7 Å². The number of aliphatic hydroxyl groups excluding tert-OH is 1. The molecular weight excluding hydrogens is 426 g/mol. The van der Waals surface area contributed by atoms with E-state index in [0.29, 0.717) is 23.7 Å². The minimum absolute atomic E-state index is 0.107. The number of aryl methyl sites for hydroxylation is 1. The van der Waals surface area contributed by atoms with E-state index < -0.39 is 17.7 Å². The summed E-state index contributed by atoms with van der Waals surface area (Å²) in [7, 11) is 0. The third-order valence-corrected chi connectivity index (χ3v) is 5.89. The van der Waals surface area contributed by atoms with Crippen LogP contribution in [0.2, 0.25) is 5.02 Å². The van der Waals surface area contributed by atoms with Crippen LogP contribution >= 0.6 is 11.6 Å². The number of carbonyl (C=O) groups is 2. The van der Waals surface area contributed by atoms with Gasteiger partial charge < -0.3 is 14.7 Å². The van der Waals surface area contributed by atoms with E-state index in [4.69, 9.17) is 16.3 Å². The smallest absolute Gasteiger partial charge is 0.295 e. The standard InChI is InChI=1S/C26H30ClNO4/c1-4-6-7-14-28-23(18-8-11-20(27)12-9-18)22(25(30)26(28)31)24(29)19-10-13-21(17(3)16-19)32-15-5-2/h8-13,16,23,29H,4-7,14-15H2,1-3H3/b24-22-. The summed E-state index contributed by atoms with van der Waals surface area (Å²) in [6.07, 6.45) is 3.63. The number of aliphatic hydroxyl groups is 1. The fourth-order valence-corrected chi connectivity index (χ4v) is 4.09. The highest BCUT2D eigenvalue weighted by Gasteiger charge is 2.45. The van der Waals surface area contributed by atoms with E-state index >= 15 is 0 Å². The topological polar surface area (TPSA) is 66.8 Å². The van der Waals surface area contributed by atoms with Crippen molar-refractivity contribution in [2.45, 2.75) is 52.5 Å². The van der Waals surface area contributed by atoms with Crippen molar-refractivity contribution >= 4 is 29.1 Å². The van der Waals surface area contributed by atoms with Gasteiger partial charge in [0.05, 0.1) is 18.2 Å². The van der Waals surface area contributed by atoms with Gasteiger partial charge in [0.15, 0.2) is 0 Å². The molecule has 2 aromatic carbocycles. The van der Waals surface area contributed by atoms with Crippen molar-refractivity contribution in [2.75, 3.05) is 13.2 Å². The number of likely N-dealkylation sites (tertiary alicyclic amines) is 1. The summed E-state index contributed by atoms with van der Waals surface area (Å²) < 4.78 is 5.72. The zero-order chi connectivity index (χ0) is 23.3. The molecule has 32 heavy (non-hydrogen) atoms. The van der Waals surface area contributed by atoms with E-state index in [1.165, 1.54) is 0 Å². The highest BCUT2D eigenvalue weighted by atomic mass is 35.5. The molecule has 1 N–H and O–H groups in total. The van der Waals surface area contributed by atoms with Crippen molar-refractivity contribution < 1.29 is 19.4 Å². The minimum atomic E-state index is -0.664. The average molecular weight is 456 g/mol. The van der Waals surface area contributed by atoms with Gasteiger partial charge in [0.2, 0.25) is 0 Å². The number of carbonyl (C=O) groups excluding carboxylic acids is 2. The fourth-order valence-electron chi connectivity index (χ4n) is 3.96. The number of halogens is 1. The zero-order valence-electron chi connectivity index (χ0n) is 18.9. The van der Waals surface area contributed by atoms with Gasteiger partial charge in [0.1, 0.15) is 11.5 Å². The van der Waals surface area contributed by atoms with Crippen molar-refractivity contribution in [3.8, 4) is 5.75 Å². The summed E-state index contributed by atoms with van der Waals surface area (Å²) in [4.78, 5) is 27.5. The van der Waals surface area contributed by atoms with Gasteiger partial charge in [-0.2, -0.15) is 0 Å². The summed E-state index contributed by atoms with van der Waals surface area (Å²) in [5.74, 6) is -0.686. The van der Waals surface area contributed by atoms with Crippen LogP contribution in [-0.2, 0) is 9.59 Å². The maximum Gasteiger partial charge on any atom is 0.295 e. The average Bonchev–Trinajstić information content (AvgIpc) is 3.03. The Kier molecular flexibility index (Phi) is 7.97. The van der Waals surface area contributed by atoms with Crippen LogP contribution in [0.25, 0.3) is 5.76 Å². The van der Waals surface area contributed by atoms with Crippen LogP contribution in [0, 0.1) is 6.92 Å². The van der Waals surface area contributed by atoms with Gasteiger partial charge in [0, 0.05) is 17.1 Å². The van der Waals surface area contributed by atoms with Gasteiger partial charge in [-0.15, -0.1) is 0 Å². The second kappa shape index (κ2) is 10.7. The number of unbranched alkanes of at least 4 members (excludes halogenated alkanes) is 2. The first-order valence-electron chi connectivity index (χ1n) is 11.2. The van der Waals surface area contributed by atoms with Gasteiger partial charge in [-0.3, -0.25) is 9.59 Å². The lowest BCUT2D eigenvalue weighted by molar-refractivity contribution is -0.139. The quantitative estimate of drug-likeness (QED) is 0.216. The lowest BCUT2D eigenvalue weighted by Crippen LogP contribution is -2.30. The maximum absolute atomic E-state index is 13.0. The monoisotopic (exact) mass is 455 g/mol. The molecule has 3 rings (SSSR count). The van der Waals surface area contributed by atoms with Gasteiger partial charge in [-0.05, 0) is 61.2 Å². The number of hydrogen-bond acceptors (Lipinski definition) is 4. The molecule has 1 unspecified atom stereocenters. The van der Waals surface area contributed by atoms with Crippen molar-refractivity contribution in [2.24, 2.45) is 0 Å². The molecule has 1 heterocycles. The van der Waals surface area contributed by atoms with Crippen LogP contribution in [0.5, 0.6) is 5.75 Å². The third-order valence-electron chi connectivity index (χ3n) is 5.64. The molecule has 170 valence electrons. The lowest BCUT2D eigenvalue weighted by atomic mass is 9.94. The number of benzene rings is 2. The first-order chi connectivity index (χ1) is 15.4. The number of hydrogen-bond donors (Lipinski definition) is 1. The number of nitrogens with zero attached hydrogens (tertiary/aromatic N) is 1. The van der Waals surface area contributed by atoms with Crippen LogP contribution in [0.3, 0.4) is 0 Å². The molecule has 1 amide bonds. The van der Waals surface area contributed by atoms with E-state index in [9.17, 15) is 14.7 Å². The second-order valence-electron chi connectivity index (χ2n) is 8.08. The predicted octanol–water partition coefficient (Wildman–Crippen LogP) is 6.05. The van der Waals surface area contributed by atoms with E-state index in [1.807, 2.05) is 13.8 Å². The molecule has 2 aromatic rings. The number of Topliss-reactive ketones (excluding diaryl/α,β-unsaturated/α-hetero) is 1. The fraction of sp³-hybridized carbons (Fsp3) is 0.385. The third kappa shape index (κ3) is 4.99. The molecule has 0 aromatic heterocycles. The van der Waals surface area contributed by atoms with Crippen LogP contribution in [0.1, 0.15) is 62.3 Å². The Labute approximate surface area is 194 Å². The first-order valence-corrected chi connectivity index (χ1v) is 11.5. The Morgan fingerprint density at radius 2 is 1.78 bits per heavy atom. The molecule has 0 bridgehead atoms. The molecule has 1 aliphatic rings. The summed E-state index contributed by atoms with van der Waals surface area (Å²) in [6, 6.07) is 11.7. The normalized spacial score (nSPS) is 17.8. The molecule has 0 saturated carbocycles. The molecule has 1 atom stereocenters. The summed E-state index contributed by atoms with van der Waals surface area (Å²) >= 11 is 6.06. The first kappa shape index (κ1) is 23.9. The van der Waals surface area contributed by atoms with Crippen LogP contribution in [0.4, 0.5) is 0 Å². The molecule has 1 aliphatic heterocycles. The summed E-state index contributed by atoms with van der Waals surface area (Å²) in [5, 5.41) is 11.8.